The molecule has 0 bridgehead atoms. The number of hydrogen-bond acceptors (Lipinski definition) is 5. The highest BCUT2D eigenvalue weighted by molar-refractivity contribution is 8.00. The Labute approximate surface area is 227 Å². The van der Waals surface area contributed by atoms with E-state index in [0.717, 1.165) is 23.3 Å². The van der Waals surface area contributed by atoms with Crippen LogP contribution in [0.3, 0.4) is 0 Å². The van der Waals surface area contributed by atoms with Crippen molar-refractivity contribution in [2.45, 2.75) is 120 Å². The van der Waals surface area contributed by atoms with Gasteiger partial charge in [0.2, 0.25) is 0 Å². The maximum absolute atomic E-state index is 13.3. The van der Waals surface area contributed by atoms with Gasteiger partial charge in [0, 0.05) is 23.3 Å². The highest BCUT2D eigenvalue weighted by Crippen LogP contribution is 2.47. The smallest absolute Gasteiger partial charge is 0.320 e. The van der Waals surface area contributed by atoms with Crippen LogP contribution in [-0.4, -0.2) is 46.7 Å². The molecular formula is C29H50O4SSi2. The average Bonchev–Trinajstić information content (AvgIpc) is 2.73. The molecule has 4 nitrogen and oxygen atoms in total. The lowest BCUT2D eigenvalue weighted by atomic mass is 9.79. The SMILES string of the molecule is C=C1C(C(Sc2ccccc2)C(=O)OCC)C[C@@H](O[Si](C)(C)C(C)(C)C)C[C@@H]1O[Si](C)(C)C(C)(C)C. The number of benzene rings is 1. The lowest BCUT2D eigenvalue weighted by molar-refractivity contribution is -0.143. The van der Waals surface area contributed by atoms with Gasteiger partial charge in [0.1, 0.15) is 5.25 Å². The van der Waals surface area contributed by atoms with E-state index in [4.69, 9.17) is 13.6 Å². The van der Waals surface area contributed by atoms with Gasteiger partial charge >= 0.3 is 5.97 Å². The standard InChI is InChI=1S/C29H50O4SSi2/c1-13-31-27(30)26(34-23-17-15-14-16-18-23)24-19-22(32-35(9,10)28(3,4)5)20-25(21(24)2)33-36(11,12)29(6,7)8/h14-18,22,24-26H,2,13,19-20H2,1,3-12H3/t22-,24?,25+,26?/m1/s1. The summed E-state index contributed by atoms with van der Waals surface area (Å²) in [7, 11) is -4.08. The van der Waals surface area contributed by atoms with Crippen molar-refractivity contribution in [3.05, 3.63) is 42.5 Å². The van der Waals surface area contributed by atoms with Crippen molar-refractivity contribution in [3.63, 3.8) is 0 Å². The van der Waals surface area contributed by atoms with E-state index < -0.39 is 21.9 Å². The zero-order valence-electron chi connectivity index (χ0n) is 24.6. The van der Waals surface area contributed by atoms with E-state index in [9.17, 15) is 4.79 Å². The highest BCUT2D eigenvalue weighted by Gasteiger charge is 2.48. The Morgan fingerprint density at radius 2 is 1.50 bits per heavy atom. The summed E-state index contributed by atoms with van der Waals surface area (Å²) in [6.07, 6.45) is 1.43. The monoisotopic (exact) mass is 550 g/mol. The molecule has 0 aliphatic heterocycles. The van der Waals surface area contributed by atoms with Crippen LogP contribution < -0.4 is 0 Å². The van der Waals surface area contributed by atoms with Gasteiger partial charge in [-0.15, -0.1) is 11.8 Å². The zero-order chi connectivity index (χ0) is 27.5. The van der Waals surface area contributed by atoms with Crippen molar-refractivity contribution >= 4 is 34.4 Å². The molecule has 1 fully saturated rings. The predicted octanol–water partition coefficient (Wildman–Crippen LogP) is 8.46. The lowest BCUT2D eigenvalue weighted by Crippen LogP contribution is -2.52. The molecule has 1 aliphatic rings. The van der Waals surface area contributed by atoms with E-state index >= 15 is 0 Å². The molecule has 36 heavy (non-hydrogen) atoms. The second kappa shape index (κ2) is 11.9. The summed E-state index contributed by atoms with van der Waals surface area (Å²) in [5.74, 6) is -0.274. The van der Waals surface area contributed by atoms with Crippen molar-refractivity contribution in [2.24, 2.45) is 5.92 Å². The van der Waals surface area contributed by atoms with Crippen LogP contribution in [0.1, 0.15) is 61.3 Å². The fraction of sp³-hybridized carbons (Fsp3) is 0.690. The fourth-order valence-corrected chi connectivity index (χ4v) is 7.90. The summed E-state index contributed by atoms with van der Waals surface area (Å²) >= 11 is 1.57. The third-order valence-electron chi connectivity index (χ3n) is 8.28. The molecule has 2 rings (SSSR count). The molecule has 1 aromatic carbocycles. The number of carbonyl (C=O) groups excluding carboxylic acids is 1. The topological polar surface area (TPSA) is 44.8 Å². The van der Waals surface area contributed by atoms with Crippen LogP contribution in [0.25, 0.3) is 0 Å². The van der Waals surface area contributed by atoms with Crippen molar-refractivity contribution in [1.29, 1.82) is 0 Å². The molecule has 0 spiro atoms. The van der Waals surface area contributed by atoms with E-state index in [1.165, 1.54) is 0 Å². The Kier molecular flexibility index (Phi) is 10.4. The molecule has 204 valence electrons. The Morgan fingerprint density at radius 3 is 2.00 bits per heavy atom. The Morgan fingerprint density at radius 1 is 0.972 bits per heavy atom. The van der Waals surface area contributed by atoms with E-state index in [0.29, 0.717) is 6.61 Å². The van der Waals surface area contributed by atoms with Gasteiger partial charge in [-0.25, -0.2) is 0 Å². The predicted molar refractivity (Wildman–Crippen MR) is 159 cm³/mol. The van der Waals surface area contributed by atoms with Crippen LogP contribution in [-0.2, 0) is 18.4 Å². The summed E-state index contributed by atoms with van der Waals surface area (Å²) in [5.41, 5.74) is 1.01. The normalized spacial score (nSPS) is 22.9. The molecule has 0 radical (unpaired) electrons. The first-order valence-electron chi connectivity index (χ1n) is 13.3. The van der Waals surface area contributed by atoms with Crippen LogP contribution in [0, 0.1) is 5.92 Å². The Balaban J connectivity index is 2.47. The van der Waals surface area contributed by atoms with Gasteiger partial charge in [-0.1, -0.05) is 66.3 Å². The summed E-state index contributed by atoms with van der Waals surface area (Å²) in [6.45, 7) is 29.6. The van der Waals surface area contributed by atoms with Gasteiger partial charge in [0.25, 0.3) is 0 Å². The first-order chi connectivity index (χ1) is 16.4. The summed E-state index contributed by atoms with van der Waals surface area (Å²) < 4.78 is 19.5. The Hall–Kier alpha value is -0.866. The molecular weight excluding hydrogens is 501 g/mol. The third-order valence-corrected chi connectivity index (χ3v) is 18.6. The second-order valence-corrected chi connectivity index (χ2v) is 23.9. The van der Waals surface area contributed by atoms with Crippen LogP contribution >= 0.6 is 11.8 Å². The number of rotatable bonds is 9. The fourth-order valence-electron chi connectivity index (χ4n) is 3.99. The minimum atomic E-state index is -2.07. The zero-order valence-corrected chi connectivity index (χ0v) is 27.4. The molecule has 0 N–H and O–H groups in total. The van der Waals surface area contributed by atoms with E-state index in [1.807, 2.05) is 25.1 Å². The first-order valence-corrected chi connectivity index (χ1v) is 20.0. The van der Waals surface area contributed by atoms with E-state index in [1.54, 1.807) is 11.8 Å². The molecule has 1 aromatic rings. The number of thioether (sulfide) groups is 1. The molecule has 7 heteroatoms. The van der Waals surface area contributed by atoms with Gasteiger partial charge in [-0.05, 0) is 67.3 Å². The molecule has 0 saturated heterocycles. The van der Waals surface area contributed by atoms with Crippen LogP contribution in [0.2, 0.25) is 36.3 Å². The molecule has 4 atom stereocenters. The molecule has 2 unspecified atom stereocenters. The van der Waals surface area contributed by atoms with Gasteiger partial charge in [-0.2, -0.15) is 0 Å². The minimum absolute atomic E-state index is 0.0180. The quantitative estimate of drug-likeness (QED) is 0.134. The van der Waals surface area contributed by atoms with Crippen molar-refractivity contribution in [3.8, 4) is 0 Å². The molecule has 1 aliphatic carbocycles. The van der Waals surface area contributed by atoms with Crippen molar-refractivity contribution in [2.75, 3.05) is 6.61 Å². The maximum Gasteiger partial charge on any atom is 0.320 e. The number of hydrogen-bond donors (Lipinski definition) is 0. The van der Waals surface area contributed by atoms with Gasteiger partial charge in [-0.3, -0.25) is 4.79 Å². The van der Waals surface area contributed by atoms with Crippen LogP contribution in [0.5, 0.6) is 0 Å². The first kappa shape index (κ1) is 31.4. The lowest BCUT2D eigenvalue weighted by Gasteiger charge is -2.47. The molecule has 0 heterocycles. The molecule has 0 aromatic heterocycles. The average molecular weight is 551 g/mol. The van der Waals surface area contributed by atoms with E-state index in [2.05, 4.69) is 86.4 Å². The molecule has 1 saturated carbocycles. The minimum Gasteiger partial charge on any atom is -0.465 e. The largest absolute Gasteiger partial charge is 0.465 e. The summed E-state index contributed by atoms with van der Waals surface area (Å²) in [4.78, 5) is 14.4. The number of carbonyl (C=O) groups is 1. The van der Waals surface area contributed by atoms with Crippen LogP contribution in [0.15, 0.2) is 47.4 Å². The van der Waals surface area contributed by atoms with Gasteiger partial charge in [0.15, 0.2) is 16.6 Å². The molecule has 0 amide bonds. The highest BCUT2D eigenvalue weighted by atomic mass is 32.2. The van der Waals surface area contributed by atoms with Crippen LogP contribution in [0.4, 0.5) is 0 Å². The number of esters is 1. The summed E-state index contributed by atoms with van der Waals surface area (Å²) in [5, 5.41) is -0.210. The van der Waals surface area contributed by atoms with Gasteiger partial charge < -0.3 is 13.6 Å². The van der Waals surface area contributed by atoms with E-state index in [-0.39, 0.29) is 34.2 Å². The van der Waals surface area contributed by atoms with Gasteiger partial charge in [0.05, 0.1) is 12.7 Å². The second-order valence-electron chi connectivity index (χ2n) is 13.1. The number of ether oxygens (including phenoxy) is 1. The third kappa shape index (κ3) is 7.82. The Bertz CT molecular complexity index is 887. The van der Waals surface area contributed by atoms with Crippen molar-refractivity contribution < 1.29 is 18.4 Å². The summed E-state index contributed by atoms with van der Waals surface area (Å²) in [6, 6.07) is 10.1. The van der Waals surface area contributed by atoms with Crippen molar-refractivity contribution in [1.82, 2.24) is 0 Å². The maximum atomic E-state index is 13.3.